The molecule has 0 radical (unpaired) electrons. The second kappa shape index (κ2) is 5.51. The summed E-state index contributed by atoms with van der Waals surface area (Å²) in [5.41, 5.74) is 13.0. The third-order valence-corrected chi connectivity index (χ3v) is 4.33. The lowest BCUT2D eigenvalue weighted by molar-refractivity contribution is 0.100. The quantitative estimate of drug-likeness (QED) is 0.731. The highest BCUT2D eigenvalue weighted by Crippen LogP contribution is 2.32. The number of nitrogen functional groups attached to an aromatic ring is 1. The molecule has 1 aliphatic carbocycles. The van der Waals surface area contributed by atoms with E-state index in [1.54, 1.807) is 6.07 Å². The van der Waals surface area contributed by atoms with E-state index in [4.69, 9.17) is 11.5 Å². The lowest BCUT2D eigenvalue weighted by Gasteiger charge is -2.33. The van der Waals surface area contributed by atoms with Gasteiger partial charge in [0.25, 0.3) is 5.91 Å². The Morgan fingerprint density at radius 1 is 1.26 bits per heavy atom. The molecule has 0 bridgehead atoms. The minimum atomic E-state index is -0.480. The van der Waals surface area contributed by atoms with Crippen LogP contribution in [0.2, 0.25) is 0 Å². The molecule has 0 heterocycles. The van der Waals surface area contributed by atoms with Gasteiger partial charge >= 0.3 is 0 Å². The molecule has 0 aliphatic heterocycles. The van der Waals surface area contributed by atoms with Crippen molar-refractivity contribution in [1.82, 2.24) is 0 Å². The van der Waals surface area contributed by atoms with Crippen LogP contribution in [-0.2, 0) is 0 Å². The minimum Gasteiger partial charge on any atom is -0.396 e. The maximum absolute atomic E-state index is 11.3. The van der Waals surface area contributed by atoms with E-state index in [0.29, 0.717) is 23.2 Å². The summed E-state index contributed by atoms with van der Waals surface area (Å²) in [7, 11) is 0. The Labute approximate surface area is 114 Å². The number of amides is 1. The van der Waals surface area contributed by atoms with Gasteiger partial charge in [-0.25, -0.2) is 0 Å². The molecular weight excluding hydrogens is 238 g/mol. The van der Waals surface area contributed by atoms with Crippen LogP contribution in [0.1, 0.15) is 43.5 Å². The molecule has 3 atom stereocenters. The van der Waals surface area contributed by atoms with Gasteiger partial charge in [0.1, 0.15) is 0 Å². The van der Waals surface area contributed by atoms with E-state index in [1.807, 2.05) is 12.1 Å². The molecule has 0 aromatic heterocycles. The van der Waals surface area contributed by atoms with Gasteiger partial charge in [0.2, 0.25) is 0 Å². The van der Waals surface area contributed by atoms with E-state index >= 15 is 0 Å². The number of nitrogens with one attached hydrogen (secondary N) is 1. The molecular formula is C15H23N3O. The highest BCUT2D eigenvalue weighted by Gasteiger charge is 2.25. The Kier molecular flexibility index (Phi) is 3.98. The highest BCUT2D eigenvalue weighted by molar-refractivity contribution is 6.00. The monoisotopic (exact) mass is 261 g/mol. The predicted molar refractivity (Wildman–Crippen MR) is 79.0 cm³/mol. The summed E-state index contributed by atoms with van der Waals surface area (Å²) in [6.45, 7) is 4.60. The van der Waals surface area contributed by atoms with Gasteiger partial charge in [-0.05, 0) is 43.2 Å². The second-order valence-corrected chi connectivity index (χ2v) is 5.74. The number of hydrogen-bond acceptors (Lipinski definition) is 3. The summed E-state index contributed by atoms with van der Waals surface area (Å²) in [4.78, 5) is 11.3. The minimum absolute atomic E-state index is 0.391. The number of nitrogens with two attached hydrogens (primary N) is 2. The largest absolute Gasteiger partial charge is 0.396 e. The molecule has 1 aromatic carbocycles. The zero-order chi connectivity index (χ0) is 14.0. The van der Waals surface area contributed by atoms with Crippen LogP contribution < -0.4 is 16.8 Å². The van der Waals surface area contributed by atoms with Crippen LogP contribution in [0, 0.1) is 11.8 Å². The van der Waals surface area contributed by atoms with Gasteiger partial charge in [-0.2, -0.15) is 0 Å². The number of para-hydroxylation sites is 1. The van der Waals surface area contributed by atoms with Crippen LogP contribution in [0.3, 0.4) is 0 Å². The Balaban J connectivity index is 2.11. The van der Waals surface area contributed by atoms with Gasteiger partial charge in [-0.1, -0.05) is 19.9 Å². The smallest absolute Gasteiger partial charge is 0.250 e. The van der Waals surface area contributed by atoms with E-state index in [1.165, 1.54) is 6.42 Å². The Morgan fingerprint density at radius 2 is 2.00 bits per heavy atom. The molecule has 0 spiro atoms. The first-order chi connectivity index (χ1) is 8.99. The molecule has 1 amide bonds. The molecule has 2 rings (SSSR count). The van der Waals surface area contributed by atoms with Crippen LogP contribution in [-0.4, -0.2) is 11.9 Å². The first-order valence-corrected chi connectivity index (χ1v) is 6.94. The van der Waals surface area contributed by atoms with Crippen molar-refractivity contribution in [2.45, 2.75) is 39.2 Å². The van der Waals surface area contributed by atoms with Crippen LogP contribution >= 0.6 is 0 Å². The van der Waals surface area contributed by atoms with E-state index in [9.17, 15) is 4.79 Å². The van der Waals surface area contributed by atoms with Crippen LogP contribution in [0.4, 0.5) is 11.4 Å². The van der Waals surface area contributed by atoms with Crippen LogP contribution in [0.25, 0.3) is 0 Å². The third-order valence-electron chi connectivity index (χ3n) is 4.33. The fourth-order valence-corrected chi connectivity index (χ4v) is 2.80. The molecule has 1 saturated carbocycles. The number of rotatable bonds is 3. The first kappa shape index (κ1) is 13.7. The number of carbonyl (C=O) groups is 1. The number of anilines is 2. The zero-order valence-corrected chi connectivity index (χ0v) is 11.6. The van der Waals surface area contributed by atoms with E-state index < -0.39 is 5.91 Å². The molecule has 1 aromatic rings. The molecule has 19 heavy (non-hydrogen) atoms. The molecule has 4 nitrogen and oxygen atoms in total. The van der Waals surface area contributed by atoms with Crippen molar-refractivity contribution in [3.8, 4) is 0 Å². The van der Waals surface area contributed by atoms with Gasteiger partial charge in [0.05, 0.1) is 16.9 Å². The lowest BCUT2D eigenvalue weighted by Crippen LogP contribution is -2.30. The molecule has 3 unspecified atom stereocenters. The van der Waals surface area contributed by atoms with E-state index in [2.05, 4.69) is 19.2 Å². The standard InChI is InChI=1S/C15H23N3O/c1-9-6-7-11(8-10(9)2)18-13-5-3-4-12(14(13)16)15(17)19/h3-5,9-11,18H,6-8,16H2,1-2H3,(H2,17,19). The fraction of sp³-hybridized carbons (Fsp3) is 0.533. The van der Waals surface area contributed by atoms with Gasteiger partial charge in [-0.15, -0.1) is 0 Å². The maximum Gasteiger partial charge on any atom is 0.250 e. The second-order valence-electron chi connectivity index (χ2n) is 5.74. The predicted octanol–water partition coefficient (Wildman–Crippen LogP) is 2.60. The average Bonchev–Trinajstić information content (AvgIpc) is 2.36. The van der Waals surface area contributed by atoms with E-state index in [0.717, 1.165) is 24.4 Å². The zero-order valence-electron chi connectivity index (χ0n) is 11.6. The summed E-state index contributed by atoms with van der Waals surface area (Å²) in [5, 5.41) is 3.46. The van der Waals surface area contributed by atoms with E-state index in [-0.39, 0.29) is 0 Å². The Morgan fingerprint density at radius 3 is 2.63 bits per heavy atom. The summed E-state index contributed by atoms with van der Waals surface area (Å²) >= 11 is 0. The highest BCUT2D eigenvalue weighted by atomic mass is 16.1. The van der Waals surface area contributed by atoms with Crippen LogP contribution in [0.5, 0.6) is 0 Å². The van der Waals surface area contributed by atoms with Gasteiger partial charge in [0.15, 0.2) is 0 Å². The number of benzene rings is 1. The molecule has 1 fully saturated rings. The number of carbonyl (C=O) groups excluding carboxylic acids is 1. The van der Waals surface area contributed by atoms with Crippen molar-refractivity contribution in [2.24, 2.45) is 17.6 Å². The Hall–Kier alpha value is -1.71. The lowest BCUT2D eigenvalue weighted by atomic mass is 9.79. The van der Waals surface area contributed by atoms with Crippen molar-refractivity contribution in [1.29, 1.82) is 0 Å². The third kappa shape index (κ3) is 3.00. The topological polar surface area (TPSA) is 81.1 Å². The van der Waals surface area contributed by atoms with Crippen molar-refractivity contribution in [2.75, 3.05) is 11.1 Å². The molecule has 4 heteroatoms. The van der Waals surface area contributed by atoms with Crippen LogP contribution in [0.15, 0.2) is 18.2 Å². The summed E-state index contributed by atoms with van der Waals surface area (Å²) in [6, 6.07) is 5.81. The van der Waals surface area contributed by atoms with Gasteiger partial charge < -0.3 is 16.8 Å². The fourth-order valence-electron chi connectivity index (χ4n) is 2.80. The number of primary amides is 1. The number of hydrogen-bond donors (Lipinski definition) is 3. The summed E-state index contributed by atoms with van der Waals surface area (Å²) in [5.74, 6) is 1.02. The summed E-state index contributed by atoms with van der Waals surface area (Å²) in [6.07, 6.45) is 3.52. The van der Waals surface area contributed by atoms with Crippen molar-refractivity contribution >= 4 is 17.3 Å². The SMILES string of the molecule is CC1CCC(Nc2cccc(C(N)=O)c2N)CC1C. The van der Waals surface area contributed by atoms with Crippen molar-refractivity contribution < 1.29 is 4.79 Å². The molecule has 0 saturated heterocycles. The molecule has 1 aliphatic rings. The van der Waals surface area contributed by atoms with Crippen molar-refractivity contribution in [3.63, 3.8) is 0 Å². The first-order valence-electron chi connectivity index (χ1n) is 6.94. The molecule has 5 N–H and O–H groups in total. The normalized spacial score (nSPS) is 26.9. The van der Waals surface area contributed by atoms with Gasteiger partial charge in [-0.3, -0.25) is 4.79 Å². The molecule has 104 valence electrons. The van der Waals surface area contributed by atoms with Gasteiger partial charge in [0, 0.05) is 6.04 Å². The maximum atomic E-state index is 11.3. The van der Waals surface area contributed by atoms with Crippen molar-refractivity contribution in [3.05, 3.63) is 23.8 Å². The average molecular weight is 261 g/mol. The summed E-state index contributed by atoms with van der Waals surface area (Å²) < 4.78 is 0. The Bertz CT molecular complexity index is 472.